The Balaban J connectivity index is 0. The largest absolute Gasteiger partial charge is 0.492 e. The first-order valence-corrected chi connectivity index (χ1v) is 7.60. The highest BCUT2D eigenvalue weighted by atomic mass is 35.5. The molecule has 1 aromatic rings. The van der Waals surface area contributed by atoms with Crippen LogP contribution >= 0.6 is 24.8 Å². The Morgan fingerprint density at radius 1 is 1.29 bits per heavy atom. The molecule has 0 radical (unpaired) electrons. The quantitative estimate of drug-likeness (QED) is 0.763. The fourth-order valence-corrected chi connectivity index (χ4v) is 1.78. The number of rotatable bonds is 7. The Morgan fingerprint density at radius 2 is 1.92 bits per heavy atom. The average Bonchev–Trinajstić information content (AvgIpc) is 2.43. The smallest absolute Gasteiger partial charge is 0.237 e. The molecule has 140 valence electrons. The summed E-state index contributed by atoms with van der Waals surface area (Å²) < 4.78 is 5.69. The Labute approximate surface area is 158 Å². The van der Waals surface area contributed by atoms with Crippen LogP contribution in [0.4, 0.5) is 0 Å². The van der Waals surface area contributed by atoms with Gasteiger partial charge in [0.05, 0.1) is 6.04 Å². The summed E-state index contributed by atoms with van der Waals surface area (Å²) >= 11 is 0. The number of halogens is 2. The lowest BCUT2D eigenvalue weighted by molar-refractivity contribution is -0.124. The highest BCUT2D eigenvalue weighted by Gasteiger charge is 2.27. The van der Waals surface area contributed by atoms with Crippen LogP contribution in [0.2, 0.25) is 0 Å². The fraction of sp³-hybridized carbons (Fsp3) is 0.588. The number of benzene rings is 1. The first-order chi connectivity index (χ1) is 10.2. The summed E-state index contributed by atoms with van der Waals surface area (Å²) in [4.78, 5) is 14.1. The average molecular weight is 380 g/mol. The summed E-state index contributed by atoms with van der Waals surface area (Å²) in [6.07, 6.45) is 0. The van der Waals surface area contributed by atoms with E-state index in [2.05, 4.69) is 10.2 Å². The Bertz CT molecular complexity index is 491. The fourth-order valence-electron chi connectivity index (χ4n) is 1.78. The molecule has 3 N–H and O–H groups in total. The van der Waals surface area contributed by atoms with Crippen molar-refractivity contribution in [1.29, 1.82) is 0 Å². The minimum absolute atomic E-state index is 0. The number of carbonyl (C=O) groups is 1. The van der Waals surface area contributed by atoms with Gasteiger partial charge in [0.15, 0.2) is 0 Å². The molecule has 5 nitrogen and oxygen atoms in total. The third-order valence-corrected chi connectivity index (χ3v) is 3.39. The molecule has 0 aromatic heterocycles. The predicted octanol–water partition coefficient (Wildman–Crippen LogP) is 2.46. The normalized spacial score (nSPS) is 12.0. The number of hydrogen-bond donors (Lipinski definition) is 2. The molecule has 7 heteroatoms. The molecule has 0 unspecified atom stereocenters. The van der Waals surface area contributed by atoms with Crippen LogP contribution in [-0.2, 0) is 11.3 Å². The van der Waals surface area contributed by atoms with Crippen molar-refractivity contribution in [2.75, 3.05) is 27.2 Å². The molecule has 24 heavy (non-hydrogen) atoms. The monoisotopic (exact) mass is 379 g/mol. The van der Waals surface area contributed by atoms with E-state index in [-0.39, 0.29) is 36.1 Å². The predicted molar refractivity (Wildman–Crippen MR) is 104 cm³/mol. The van der Waals surface area contributed by atoms with E-state index in [4.69, 9.17) is 10.5 Å². The first-order valence-electron chi connectivity index (χ1n) is 7.60. The van der Waals surface area contributed by atoms with E-state index in [1.165, 1.54) is 0 Å². The Kier molecular flexibility index (Phi) is 12.1. The second-order valence-electron chi connectivity index (χ2n) is 6.86. The van der Waals surface area contributed by atoms with Crippen molar-refractivity contribution < 1.29 is 9.53 Å². The minimum atomic E-state index is -0.521. The molecule has 0 fully saturated rings. The number of nitrogens with one attached hydrogen (secondary N) is 1. The van der Waals surface area contributed by atoms with Gasteiger partial charge in [-0.15, -0.1) is 24.8 Å². The van der Waals surface area contributed by atoms with Gasteiger partial charge in [-0.25, -0.2) is 0 Å². The van der Waals surface area contributed by atoms with Crippen molar-refractivity contribution >= 4 is 30.7 Å². The van der Waals surface area contributed by atoms with E-state index >= 15 is 0 Å². The second kappa shape index (κ2) is 11.5. The maximum absolute atomic E-state index is 12.0. The van der Waals surface area contributed by atoms with Crippen molar-refractivity contribution in [3.8, 4) is 5.75 Å². The van der Waals surface area contributed by atoms with E-state index < -0.39 is 6.04 Å². The Hall–Kier alpha value is -1.01. The zero-order valence-electron chi connectivity index (χ0n) is 15.2. The van der Waals surface area contributed by atoms with Gasteiger partial charge in [-0.3, -0.25) is 4.79 Å². The molecule has 0 aliphatic heterocycles. The van der Waals surface area contributed by atoms with Crippen LogP contribution in [0, 0.1) is 5.41 Å². The van der Waals surface area contributed by atoms with Gasteiger partial charge in [0, 0.05) is 13.1 Å². The van der Waals surface area contributed by atoms with Crippen LogP contribution in [0.25, 0.3) is 0 Å². The van der Waals surface area contributed by atoms with Crippen molar-refractivity contribution in [1.82, 2.24) is 10.2 Å². The summed E-state index contributed by atoms with van der Waals surface area (Å²) in [5.74, 6) is 0.681. The lowest BCUT2D eigenvalue weighted by atomic mass is 9.87. The van der Waals surface area contributed by atoms with E-state index in [9.17, 15) is 4.79 Å². The summed E-state index contributed by atoms with van der Waals surface area (Å²) in [6, 6.07) is 7.23. The number of amides is 1. The number of hydrogen-bond acceptors (Lipinski definition) is 4. The van der Waals surface area contributed by atoms with Gasteiger partial charge < -0.3 is 20.7 Å². The molecule has 1 aromatic carbocycles. The summed E-state index contributed by atoms with van der Waals surface area (Å²) in [5.41, 5.74) is 6.69. The van der Waals surface area contributed by atoms with Gasteiger partial charge in [-0.05, 0) is 37.2 Å². The molecule has 0 saturated carbocycles. The SMILES string of the molecule is CN(C)CCOc1cccc(CNC(=O)[C@@H](N)C(C)(C)C)c1.Cl.Cl. The summed E-state index contributed by atoms with van der Waals surface area (Å²) in [7, 11) is 4.02. The van der Waals surface area contributed by atoms with E-state index in [1.54, 1.807) is 0 Å². The van der Waals surface area contributed by atoms with Gasteiger partial charge in [-0.1, -0.05) is 32.9 Å². The zero-order valence-corrected chi connectivity index (χ0v) is 16.8. The molecular weight excluding hydrogens is 349 g/mol. The number of carbonyl (C=O) groups excluding carboxylic acids is 1. The van der Waals surface area contributed by atoms with Crippen LogP contribution in [0.15, 0.2) is 24.3 Å². The molecule has 0 aliphatic rings. The highest BCUT2D eigenvalue weighted by Crippen LogP contribution is 2.18. The lowest BCUT2D eigenvalue weighted by Gasteiger charge is -2.25. The van der Waals surface area contributed by atoms with Crippen LogP contribution in [0.5, 0.6) is 5.75 Å². The van der Waals surface area contributed by atoms with Gasteiger partial charge in [-0.2, -0.15) is 0 Å². The van der Waals surface area contributed by atoms with Crippen molar-refractivity contribution in [3.63, 3.8) is 0 Å². The molecule has 0 bridgehead atoms. The van der Waals surface area contributed by atoms with Gasteiger partial charge in [0.25, 0.3) is 0 Å². The molecule has 0 spiro atoms. The van der Waals surface area contributed by atoms with Crippen LogP contribution in [-0.4, -0.2) is 44.1 Å². The maximum atomic E-state index is 12.0. The number of nitrogens with two attached hydrogens (primary N) is 1. The standard InChI is InChI=1S/C17H29N3O2.2ClH/c1-17(2,3)15(18)16(21)19-12-13-7-6-8-14(11-13)22-10-9-20(4)5;;/h6-8,11,15H,9-10,12,18H2,1-5H3,(H,19,21);2*1H/t15-;;/m1../s1. The molecule has 0 heterocycles. The van der Waals surface area contributed by atoms with Crippen LogP contribution < -0.4 is 15.8 Å². The molecule has 1 rings (SSSR count). The molecule has 1 atom stereocenters. The van der Waals surface area contributed by atoms with Crippen LogP contribution in [0.1, 0.15) is 26.3 Å². The van der Waals surface area contributed by atoms with Crippen molar-refractivity contribution in [2.45, 2.75) is 33.4 Å². The highest BCUT2D eigenvalue weighted by molar-refractivity contribution is 5.85. The first kappa shape index (κ1) is 25.2. The summed E-state index contributed by atoms with van der Waals surface area (Å²) in [6.45, 7) is 7.82. The van der Waals surface area contributed by atoms with Crippen molar-refractivity contribution in [3.05, 3.63) is 29.8 Å². The van der Waals surface area contributed by atoms with Gasteiger partial charge >= 0.3 is 0 Å². The maximum Gasteiger partial charge on any atom is 0.237 e. The van der Waals surface area contributed by atoms with Gasteiger partial charge in [0.2, 0.25) is 5.91 Å². The number of likely N-dealkylation sites (N-methyl/N-ethyl adjacent to an activating group) is 1. The van der Waals surface area contributed by atoms with E-state index in [0.29, 0.717) is 13.2 Å². The number of ether oxygens (including phenoxy) is 1. The van der Waals surface area contributed by atoms with Crippen LogP contribution in [0.3, 0.4) is 0 Å². The van der Waals surface area contributed by atoms with E-state index in [0.717, 1.165) is 17.9 Å². The molecule has 0 saturated heterocycles. The minimum Gasteiger partial charge on any atom is -0.492 e. The topological polar surface area (TPSA) is 67.6 Å². The van der Waals surface area contributed by atoms with Crippen molar-refractivity contribution in [2.24, 2.45) is 11.1 Å². The third kappa shape index (κ3) is 9.33. The Morgan fingerprint density at radius 3 is 2.46 bits per heavy atom. The zero-order chi connectivity index (χ0) is 16.8. The lowest BCUT2D eigenvalue weighted by Crippen LogP contribution is -2.48. The third-order valence-electron chi connectivity index (χ3n) is 3.39. The summed E-state index contributed by atoms with van der Waals surface area (Å²) in [5, 5.41) is 2.88. The number of nitrogens with zero attached hydrogens (tertiary/aromatic N) is 1. The molecule has 1 amide bonds. The van der Waals surface area contributed by atoms with E-state index in [1.807, 2.05) is 59.1 Å². The molecule has 0 aliphatic carbocycles. The van der Waals surface area contributed by atoms with Gasteiger partial charge in [0.1, 0.15) is 12.4 Å². The second-order valence-corrected chi connectivity index (χ2v) is 6.86. The molecular formula is C17H31Cl2N3O2.